The van der Waals surface area contributed by atoms with Crippen LogP contribution in [0, 0.1) is 20.2 Å². The third kappa shape index (κ3) is 9.86. The molecular formula is C16H21N5O9. The van der Waals surface area contributed by atoms with E-state index in [1.807, 2.05) is 5.32 Å². The van der Waals surface area contributed by atoms with Gasteiger partial charge in [-0.05, 0) is 25.5 Å². The molecule has 30 heavy (non-hydrogen) atoms. The van der Waals surface area contributed by atoms with Crippen molar-refractivity contribution in [2.45, 2.75) is 25.3 Å². The normalized spacial score (nSPS) is 12.6. The minimum atomic E-state index is -0.993. The number of imide groups is 1. The Kier molecular flexibility index (Phi) is 11.6. The first-order valence-electron chi connectivity index (χ1n) is 8.33. The molecule has 7 N–H and O–H groups in total. The van der Waals surface area contributed by atoms with Crippen LogP contribution in [0.4, 0.5) is 11.4 Å². The number of benzene rings is 1. The summed E-state index contributed by atoms with van der Waals surface area (Å²) in [4.78, 5) is 48.9. The minimum Gasteiger partial charge on any atom is -0.502 e. The fourth-order valence-electron chi connectivity index (χ4n) is 1.84. The third-order valence-electron chi connectivity index (χ3n) is 3.29. The number of nitro groups is 2. The van der Waals surface area contributed by atoms with Crippen molar-refractivity contribution < 1.29 is 34.4 Å². The van der Waals surface area contributed by atoms with Crippen LogP contribution in [0.2, 0.25) is 0 Å². The Balaban J connectivity index is 0.000000441. The van der Waals surface area contributed by atoms with Gasteiger partial charge in [-0.25, -0.2) is 0 Å². The van der Waals surface area contributed by atoms with Gasteiger partial charge >= 0.3 is 17.3 Å². The molecule has 0 saturated carbocycles. The number of nitrogens with one attached hydrogen (secondary N) is 1. The number of nitrogens with zero attached hydrogens (tertiary/aromatic N) is 2. The average molecular weight is 427 g/mol. The number of carbonyl (C=O) groups is 3. The maximum Gasteiger partial charge on any atom is 0.387 e. The molecule has 0 aromatic heterocycles. The second kappa shape index (κ2) is 13.3. The maximum atomic E-state index is 10.3. The topological polar surface area (TPSA) is 242 Å². The Morgan fingerprint density at radius 2 is 1.67 bits per heavy atom. The summed E-state index contributed by atoms with van der Waals surface area (Å²) in [5.41, 5.74) is 8.82. The standard InChI is InChI=1S/C6H4N2O5.C6H14N2O2.C4H3NO2/c9-5-3-1-2-4(7(10)11)6(5)8(12)13;7-4-2-1-3-5(8)6(9)10;6-3-1-2-4(7)5-3/h1-3,9H;5H,1-4,7-8H2,(H,9,10);1-2H,(H,5,6,7)/t;5-;/m.0./s1. The number of carboxylic acids is 1. The van der Waals surface area contributed by atoms with Crippen molar-refractivity contribution in [2.75, 3.05) is 6.54 Å². The number of nitro benzene ring substituents is 2. The van der Waals surface area contributed by atoms with Crippen molar-refractivity contribution in [3.8, 4) is 5.75 Å². The number of phenolic OH excluding ortho intramolecular Hbond substituents is 1. The summed E-state index contributed by atoms with van der Waals surface area (Å²) in [6.45, 7) is 0.604. The minimum absolute atomic E-state index is 0.329. The Morgan fingerprint density at radius 3 is 2.00 bits per heavy atom. The molecule has 1 aliphatic rings. The number of rotatable bonds is 7. The summed E-state index contributed by atoms with van der Waals surface area (Å²) in [7, 11) is 0. The van der Waals surface area contributed by atoms with E-state index in [-0.39, 0.29) is 11.8 Å². The lowest BCUT2D eigenvalue weighted by atomic mass is 10.1. The van der Waals surface area contributed by atoms with Gasteiger partial charge in [0.1, 0.15) is 6.04 Å². The highest BCUT2D eigenvalue weighted by Gasteiger charge is 2.27. The molecule has 0 saturated heterocycles. The molecule has 1 atom stereocenters. The number of unbranched alkanes of at least 4 members (excludes halogenated alkanes) is 1. The van der Waals surface area contributed by atoms with E-state index in [4.69, 9.17) is 21.7 Å². The molecule has 0 spiro atoms. The van der Waals surface area contributed by atoms with Gasteiger partial charge in [0.05, 0.1) is 9.85 Å². The predicted octanol–water partition coefficient (Wildman–Crippen LogP) is -0.0651. The Hall–Kier alpha value is -3.91. The smallest absolute Gasteiger partial charge is 0.387 e. The number of nitrogens with two attached hydrogens (primary N) is 2. The zero-order valence-electron chi connectivity index (χ0n) is 15.6. The molecule has 0 radical (unpaired) electrons. The number of carbonyl (C=O) groups excluding carboxylic acids is 2. The number of hydrogen-bond donors (Lipinski definition) is 5. The van der Waals surface area contributed by atoms with Crippen molar-refractivity contribution in [2.24, 2.45) is 11.5 Å². The molecule has 0 bridgehead atoms. The van der Waals surface area contributed by atoms with Gasteiger partial charge in [0, 0.05) is 18.2 Å². The van der Waals surface area contributed by atoms with E-state index in [0.29, 0.717) is 13.0 Å². The Labute approximate surface area is 169 Å². The summed E-state index contributed by atoms with van der Waals surface area (Å²) in [6.07, 6.45) is 4.56. The number of aromatic hydroxyl groups is 1. The second-order valence-corrected chi connectivity index (χ2v) is 5.58. The van der Waals surface area contributed by atoms with Gasteiger partial charge in [-0.15, -0.1) is 0 Å². The van der Waals surface area contributed by atoms with Crippen LogP contribution < -0.4 is 16.8 Å². The number of phenols is 1. The first-order valence-corrected chi connectivity index (χ1v) is 8.33. The third-order valence-corrected chi connectivity index (χ3v) is 3.29. The highest BCUT2D eigenvalue weighted by molar-refractivity contribution is 6.12. The average Bonchev–Trinajstić information content (AvgIpc) is 3.05. The predicted molar refractivity (Wildman–Crippen MR) is 102 cm³/mol. The van der Waals surface area contributed by atoms with Crippen LogP contribution in [0.5, 0.6) is 5.75 Å². The van der Waals surface area contributed by atoms with Crippen molar-refractivity contribution in [1.82, 2.24) is 5.32 Å². The Morgan fingerprint density at radius 1 is 1.10 bits per heavy atom. The maximum absolute atomic E-state index is 10.3. The quantitative estimate of drug-likeness (QED) is 0.167. The van der Waals surface area contributed by atoms with Crippen LogP contribution in [0.15, 0.2) is 30.4 Å². The van der Waals surface area contributed by atoms with Crippen LogP contribution in [-0.2, 0) is 14.4 Å². The SMILES string of the molecule is NCCCC[C@H](N)C(=O)O.O=C1C=CC(=O)N1.O=[N+]([O-])c1cccc(O)c1[N+](=O)[O-]. The van der Waals surface area contributed by atoms with Crippen LogP contribution in [0.3, 0.4) is 0 Å². The molecule has 0 unspecified atom stereocenters. The lowest BCUT2D eigenvalue weighted by Gasteiger charge is -2.03. The number of carboxylic acid groups (broad SMARTS) is 1. The molecule has 0 aliphatic carbocycles. The lowest BCUT2D eigenvalue weighted by Crippen LogP contribution is -2.29. The van der Waals surface area contributed by atoms with Crippen molar-refractivity contribution in [3.05, 3.63) is 50.6 Å². The van der Waals surface area contributed by atoms with Gasteiger partial charge in [-0.2, -0.15) is 0 Å². The number of para-hydroxylation sites is 1. The van der Waals surface area contributed by atoms with Crippen LogP contribution in [0.1, 0.15) is 19.3 Å². The Bertz CT molecular complexity index is 809. The van der Waals surface area contributed by atoms with Gasteiger partial charge in [0.2, 0.25) is 5.75 Å². The zero-order chi connectivity index (χ0) is 23.3. The van der Waals surface area contributed by atoms with Crippen LogP contribution in [-0.4, -0.2) is 50.4 Å². The fraction of sp³-hybridized carbons (Fsp3) is 0.312. The van der Waals surface area contributed by atoms with Crippen LogP contribution >= 0.6 is 0 Å². The molecule has 1 aromatic rings. The van der Waals surface area contributed by atoms with Gasteiger partial charge in [0.15, 0.2) is 0 Å². The number of aliphatic carboxylic acids is 1. The first-order chi connectivity index (χ1) is 14.0. The van der Waals surface area contributed by atoms with E-state index in [0.717, 1.165) is 25.0 Å². The first kappa shape index (κ1) is 26.1. The largest absolute Gasteiger partial charge is 0.502 e. The molecule has 2 rings (SSSR count). The highest BCUT2D eigenvalue weighted by Crippen LogP contribution is 2.34. The van der Waals surface area contributed by atoms with E-state index in [2.05, 4.69) is 0 Å². The van der Waals surface area contributed by atoms with E-state index in [1.54, 1.807) is 0 Å². The second-order valence-electron chi connectivity index (χ2n) is 5.58. The highest BCUT2D eigenvalue weighted by atomic mass is 16.6. The van der Waals surface area contributed by atoms with E-state index in [1.165, 1.54) is 18.2 Å². The zero-order valence-corrected chi connectivity index (χ0v) is 15.6. The van der Waals surface area contributed by atoms with Crippen molar-refractivity contribution in [1.29, 1.82) is 0 Å². The molecular weight excluding hydrogens is 406 g/mol. The molecule has 14 nitrogen and oxygen atoms in total. The lowest BCUT2D eigenvalue weighted by molar-refractivity contribution is -0.423. The molecule has 0 fully saturated rings. The molecule has 164 valence electrons. The van der Waals surface area contributed by atoms with Gasteiger partial charge in [0.25, 0.3) is 11.8 Å². The molecule has 1 aliphatic heterocycles. The number of amides is 2. The number of hydrogen-bond acceptors (Lipinski definition) is 10. The van der Waals surface area contributed by atoms with Crippen LogP contribution in [0.25, 0.3) is 0 Å². The van der Waals surface area contributed by atoms with Crippen molar-refractivity contribution >= 4 is 29.2 Å². The summed E-state index contributed by atoms with van der Waals surface area (Å²) >= 11 is 0. The molecule has 2 amide bonds. The molecule has 14 heteroatoms. The van der Waals surface area contributed by atoms with E-state index >= 15 is 0 Å². The molecule has 1 aromatic carbocycles. The van der Waals surface area contributed by atoms with E-state index in [9.17, 15) is 34.6 Å². The van der Waals surface area contributed by atoms with Gasteiger partial charge < -0.3 is 21.7 Å². The van der Waals surface area contributed by atoms with Gasteiger partial charge in [-0.1, -0.05) is 12.5 Å². The summed E-state index contributed by atoms with van der Waals surface area (Å²) < 4.78 is 0. The molecule has 1 heterocycles. The monoisotopic (exact) mass is 427 g/mol. The summed E-state index contributed by atoms with van der Waals surface area (Å²) in [5, 5.41) is 39.9. The van der Waals surface area contributed by atoms with Crippen molar-refractivity contribution in [3.63, 3.8) is 0 Å². The van der Waals surface area contributed by atoms with E-state index < -0.39 is 39.0 Å². The summed E-state index contributed by atoms with van der Waals surface area (Å²) in [5.74, 6) is -2.30. The summed E-state index contributed by atoms with van der Waals surface area (Å²) in [6, 6.07) is 2.43. The van der Waals surface area contributed by atoms with Gasteiger partial charge in [-0.3, -0.25) is 39.9 Å². The fourth-order valence-corrected chi connectivity index (χ4v) is 1.84.